The smallest absolute Gasteiger partial charge is 0.237 e. The van der Waals surface area contributed by atoms with Gasteiger partial charge in [-0.05, 0) is 73.7 Å². The number of aliphatic imine (C=N–C) groups is 1. The van der Waals surface area contributed by atoms with Crippen LogP contribution in [0.3, 0.4) is 0 Å². The Balaban J connectivity index is 0.885. The van der Waals surface area contributed by atoms with E-state index < -0.39 is 5.41 Å². The first-order chi connectivity index (χ1) is 22.8. The Hall–Kier alpha value is -4.96. The van der Waals surface area contributed by atoms with Gasteiger partial charge in [0, 0.05) is 67.5 Å². The fraction of sp³-hybridized carbons (Fsp3) is 0.351. The number of rotatable bonds is 6. The molecule has 10 nitrogen and oxygen atoms in total. The van der Waals surface area contributed by atoms with Gasteiger partial charge in [-0.2, -0.15) is 5.10 Å². The third-order valence-electron chi connectivity index (χ3n) is 10.2. The molecular weight excluding hydrogens is 588 g/mol. The highest BCUT2D eigenvalue weighted by atomic mass is 16.2. The lowest BCUT2D eigenvalue weighted by atomic mass is 9.85. The lowest BCUT2D eigenvalue weighted by Gasteiger charge is -2.29. The molecule has 47 heavy (non-hydrogen) atoms. The third-order valence-corrected chi connectivity index (χ3v) is 10.2. The second-order valence-corrected chi connectivity index (χ2v) is 13.3. The predicted molar refractivity (Wildman–Crippen MR) is 181 cm³/mol. The lowest BCUT2D eigenvalue weighted by molar-refractivity contribution is -0.132. The average molecular weight is 627 g/mol. The molecule has 0 radical (unpaired) electrons. The molecule has 0 saturated carbocycles. The number of pyridine rings is 1. The van der Waals surface area contributed by atoms with Crippen molar-refractivity contribution in [3.8, 4) is 11.4 Å². The van der Waals surface area contributed by atoms with Gasteiger partial charge in [0.1, 0.15) is 6.33 Å². The first-order valence-electron chi connectivity index (χ1n) is 16.4. The molecule has 8 rings (SSSR count). The molecule has 2 saturated heterocycles. The molecular formula is C37H38N8O2. The van der Waals surface area contributed by atoms with Crippen LogP contribution in [0.2, 0.25) is 0 Å². The van der Waals surface area contributed by atoms with E-state index in [0.717, 1.165) is 59.6 Å². The van der Waals surface area contributed by atoms with E-state index in [1.165, 1.54) is 16.7 Å². The van der Waals surface area contributed by atoms with Crippen molar-refractivity contribution >= 4 is 28.8 Å². The van der Waals surface area contributed by atoms with Crippen molar-refractivity contribution in [1.82, 2.24) is 29.5 Å². The molecule has 1 spiro atoms. The highest BCUT2D eigenvalue weighted by Gasteiger charge is 2.51. The summed E-state index contributed by atoms with van der Waals surface area (Å²) >= 11 is 0. The van der Waals surface area contributed by atoms with Crippen LogP contribution in [0.5, 0.6) is 0 Å². The summed E-state index contributed by atoms with van der Waals surface area (Å²) in [6.07, 6.45) is 8.11. The molecule has 1 unspecified atom stereocenters. The molecule has 238 valence electrons. The number of carbonyl (C=O) groups is 2. The Morgan fingerprint density at radius 3 is 2.53 bits per heavy atom. The summed E-state index contributed by atoms with van der Waals surface area (Å²) in [6.45, 7) is 6.38. The maximum absolute atomic E-state index is 14.0. The number of aromatic nitrogens is 4. The van der Waals surface area contributed by atoms with E-state index in [4.69, 9.17) is 4.99 Å². The topological polar surface area (TPSA) is 99.8 Å². The third kappa shape index (κ3) is 5.46. The molecule has 4 aliphatic heterocycles. The highest BCUT2D eigenvalue weighted by Crippen LogP contribution is 2.43. The zero-order valence-corrected chi connectivity index (χ0v) is 26.9. The van der Waals surface area contributed by atoms with Crippen LogP contribution in [-0.2, 0) is 23.2 Å². The Morgan fingerprint density at radius 1 is 0.936 bits per heavy atom. The number of fused-ring (bicyclic) bond motifs is 1. The minimum Gasteiger partial charge on any atom is -0.338 e. The summed E-state index contributed by atoms with van der Waals surface area (Å²) in [4.78, 5) is 46.9. The van der Waals surface area contributed by atoms with Gasteiger partial charge < -0.3 is 9.80 Å². The maximum Gasteiger partial charge on any atom is 0.237 e. The molecule has 1 atom stereocenters. The summed E-state index contributed by atoms with van der Waals surface area (Å²) in [5.41, 5.74) is 9.18. The normalized spacial score (nSPS) is 21.0. The number of nitrogens with zero attached hydrogens (tertiary/aromatic N) is 8. The van der Waals surface area contributed by atoms with Crippen LogP contribution in [-0.4, -0.2) is 86.3 Å². The number of likely N-dealkylation sites (tertiary alicyclic amines) is 1. The quantitative estimate of drug-likeness (QED) is 0.317. The summed E-state index contributed by atoms with van der Waals surface area (Å²) in [6, 6.07) is 18.7. The first-order valence-corrected chi connectivity index (χ1v) is 16.4. The van der Waals surface area contributed by atoms with Crippen molar-refractivity contribution in [3.05, 3.63) is 101 Å². The monoisotopic (exact) mass is 626 g/mol. The number of carbonyl (C=O) groups excluding carboxylic acids is 2. The Labute approximate surface area is 274 Å². The van der Waals surface area contributed by atoms with Gasteiger partial charge in [0.15, 0.2) is 5.82 Å². The van der Waals surface area contributed by atoms with Crippen molar-refractivity contribution < 1.29 is 9.59 Å². The van der Waals surface area contributed by atoms with Gasteiger partial charge in [-0.3, -0.25) is 29.1 Å². The average Bonchev–Trinajstić information content (AvgIpc) is 3.88. The van der Waals surface area contributed by atoms with Crippen LogP contribution in [0.4, 0.5) is 5.69 Å². The van der Waals surface area contributed by atoms with E-state index >= 15 is 0 Å². The maximum atomic E-state index is 14.0. The van der Waals surface area contributed by atoms with Crippen LogP contribution >= 0.6 is 0 Å². The van der Waals surface area contributed by atoms with Gasteiger partial charge in [-0.1, -0.05) is 36.4 Å². The van der Waals surface area contributed by atoms with Crippen molar-refractivity contribution in [3.63, 3.8) is 0 Å². The zero-order valence-electron chi connectivity index (χ0n) is 26.9. The number of aryl methyl sites for hydroxylation is 2. The molecule has 0 bridgehead atoms. The van der Waals surface area contributed by atoms with Gasteiger partial charge >= 0.3 is 0 Å². The van der Waals surface area contributed by atoms with E-state index in [1.54, 1.807) is 11.0 Å². The lowest BCUT2D eigenvalue weighted by Crippen LogP contribution is -2.43. The van der Waals surface area contributed by atoms with E-state index in [2.05, 4.69) is 74.6 Å². The van der Waals surface area contributed by atoms with Gasteiger partial charge in [-0.25, -0.2) is 4.98 Å². The second kappa shape index (κ2) is 11.7. The number of hydrogen-bond donors (Lipinski definition) is 0. The largest absolute Gasteiger partial charge is 0.338 e. The van der Waals surface area contributed by atoms with Crippen LogP contribution in [0.15, 0.2) is 78.2 Å². The minimum atomic E-state index is -0.426. The Bertz CT molecular complexity index is 1940. The van der Waals surface area contributed by atoms with Crippen molar-refractivity contribution in [2.75, 3.05) is 44.2 Å². The van der Waals surface area contributed by atoms with Gasteiger partial charge in [0.05, 0.1) is 24.2 Å². The molecule has 2 aromatic carbocycles. The zero-order chi connectivity index (χ0) is 32.1. The highest BCUT2D eigenvalue weighted by molar-refractivity contribution is 6.16. The molecule has 2 aromatic heterocycles. The van der Waals surface area contributed by atoms with Crippen LogP contribution in [0.1, 0.15) is 47.2 Å². The summed E-state index contributed by atoms with van der Waals surface area (Å²) in [7, 11) is 1.86. The molecule has 10 heteroatoms. The predicted octanol–water partition coefficient (Wildman–Crippen LogP) is 4.28. The Kier molecular flexibility index (Phi) is 7.32. The molecule has 6 heterocycles. The molecule has 2 fully saturated rings. The van der Waals surface area contributed by atoms with E-state index in [-0.39, 0.29) is 11.8 Å². The van der Waals surface area contributed by atoms with E-state index in [1.807, 2.05) is 36.0 Å². The summed E-state index contributed by atoms with van der Waals surface area (Å²) in [5, 5.41) is 4.38. The Morgan fingerprint density at radius 2 is 1.77 bits per heavy atom. The van der Waals surface area contributed by atoms with Crippen molar-refractivity contribution in [2.24, 2.45) is 17.5 Å². The van der Waals surface area contributed by atoms with Crippen molar-refractivity contribution in [2.45, 2.75) is 32.7 Å². The number of hydrogen-bond acceptors (Lipinski definition) is 7. The van der Waals surface area contributed by atoms with Crippen LogP contribution in [0, 0.1) is 12.3 Å². The number of benzene rings is 2. The standard InChI is InChI=1S/C37H38N8O2/c1-25-19-29(9-14-38-25)34-32-20-31(8-7-30(32)21-39-34)45-18-13-37(36(45)47)12-17-43(23-37)22-33(46)44-15-10-27(11-16-44)26-3-5-28(6-4-26)35-40-24-42(2)41-35/h3-10,14,19-20,24H,11-13,15-18,21-23H2,1-2H3. The molecule has 4 aromatic rings. The number of anilines is 1. The minimum absolute atomic E-state index is 0.132. The van der Waals surface area contributed by atoms with Gasteiger partial charge in [0.2, 0.25) is 11.8 Å². The fourth-order valence-electron chi connectivity index (χ4n) is 7.57. The summed E-state index contributed by atoms with van der Waals surface area (Å²) < 4.78 is 1.70. The molecule has 0 N–H and O–H groups in total. The summed E-state index contributed by atoms with van der Waals surface area (Å²) in [5.74, 6) is 1.03. The van der Waals surface area contributed by atoms with E-state index in [9.17, 15) is 9.59 Å². The molecule has 2 amide bonds. The fourth-order valence-corrected chi connectivity index (χ4v) is 7.57. The van der Waals surface area contributed by atoms with Gasteiger partial charge in [0.25, 0.3) is 0 Å². The first kappa shape index (κ1) is 29.4. The molecule has 4 aliphatic rings. The SMILES string of the molecule is Cc1cc(C2=NCc3ccc(N4CCC5(CCN(CC(=O)N6CC=C(c7ccc(-c8ncn(C)n8)cc7)CC6)C5)C4=O)cc32)ccn1. The molecule has 0 aliphatic carbocycles. The van der Waals surface area contributed by atoms with Crippen LogP contribution < -0.4 is 4.90 Å². The second-order valence-electron chi connectivity index (χ2n) is 13.3. The van der Waals surface area contributed by atoms with Crippen molar-refractivity contribution in [1.29, 1.82) is 0 Å². The van der Waals surface area contributed by atoms with Crippen LogP contribution in [0.25, 0.3) is 17.0 Å². The van der Waals surface area contributed by atoms with E-state index in [0.29, 0.717) is 45.1 Å². The van der Waals surface area contributed by atoms with Gasteiger partial charge in [-0.15, -0.1) is 0 Å². The number of amides is 2.